The van der Waals surface area contributed by atoms with Gasteiger partial charge in [-0.05, 0) is 32.2 Å². The van der Waals surface area contributed by atoms with Gasteiger partial charge >= 0.3 is 5.97 Å². The first-order valence-electron chi connectivity index (χ1n) is 6.35. The number of carbonyl (C=O) groups is 1. The fourth-order valence-corrected chi connectivity index (χ4v) is 1.93. The average molecular weight is 245 g/mol. The highest BCUT2D eigenvalue weighted by atomic mass is 16.5. The molecule has 0 spiro atoms. The van der Waals surface area contributed by atoms with E-state index in [0.29, 0.717) is 25.5 Å². The summed E-state index contributed by atoms with van der Waals surface area (Å²) in [4.78, 5) is 13.5. The molecule has 1 atom stereocenters. The third-order valence-corrected chi connectivity index (χ3v) is 3.31. The highest BCUT2D eigenvalue weighted by molar-refractivity contribution is 5.78. The van der Waals surface area contributed by atoms with E-state index in [1.54, 1.807) is 7.11 Å². The average Bonchev–Trinajstić information content (AvgIpc) is 2.27. The van der Waals surface area contributed by atoms with Crippen LogP contribution in [0.25, 0.3) is 0 Å². The van der Waals surface area contributed by atoms with Crippen LogP contribution in [0.2, 0.25) is 0 Å². The standard InChI is InChI=1S/C13H27NO3/c1-6-14(9-10-17-5)13(4,12(15)16)8-7-11(2)3/h11H,6-10H2,1-5H3,(H,15,16). The molecule has 0 saturated heterocycles. The van der Waals surface area contributed by atoms with Gasteiger partial charge in [-0.25, -0.2) is 0 Å². The van der Waals surface area contributed by atoms with Crippen LogP contribution in [0.15, 0.2) is 0 Å². The lowest BCUT2D eigenvalue weighted by atomic mass is 9.90. The van der Waals surface area contributed by atoms with Crippen LogP contribution in [0.3, 0.4) is 0 Å². The predicted octanol–water partition coefficient (Wildman–Crippen LogP) is 2.23. The van der Waals surface area contributed by atoms with Gasteiger partial charge in [-0.2, -0.15) is 0 Å². The van der Waals surface area contributed by atoms with E-state index in [1.807, 2.05) is 18.7 Å². The molecule has 0 fully saturated rings. The molecule has 0 aliphatic carbocycles. The first-order chi connectivity index (χ1) is 7.88. The number of hydrogen-bond donors (Lipinski definition) is 1. The second-order valence-electron chi connectivity index (χ2n) is 5.08. The number of ether oxygens (including phenoxy) is 1. The minimum Gasteiger partial charge on any atom is -0.480 e. The summed E-state index contributed by atoms with van der Waals surface area (Å²) in [6.45, 7) is 10.0. The lowest BCUT2D eigenvalue weighted by Gasteiger charge is -2.37. The van der Waals surface area contributed by atoms with E-state index in [9.17, 15) is 9.90 Å². The third kappa shape index (κ3) is 5.04. The molecule has 0 heterocycles. The molecule has 0 aromatic heterocycles. The molecule has 4 heteroatoms. The van der Waals surface area contributed by atoms with E-state index in [2.05, 4.69) is 13.8 Å². The van der Waals surface area contributed by atoms with E-state index in [1.165, 1.54) is 0 Å². The minimum atomic E-state index is -0.780. The van der Waals surface area contributed by atoms with Crippen LogP contribution in [0, 0.1) is 5.92 Å². The maximum atomic E-state index is 11.5. The molecule has 1 N–H and O–H groups in total. The monoisotopic (exact) mass is 245 g/mol. The highest BCUT2D eigenvalue weighted by Crippen LogP contribution is 2.24. The van der Waals surface area contributed by atoms with E-state index in [4.69, 9.17) is 4.74 Å². The lowest BCUT2D eigenvalue weighted by molar-refractivity contribution is -0.151. The van der Waals surface area contributed by atoms with Gasteiger partial charge in [0.05, 0.1) is 6.61 Å². The molecule has 0 aliphatic heterocycles. The Balaban J connectivity index is 4.69. The van der Waals surface area contributed by atoms with Gasteiger partial charge in [0.2, 0.25) is 0 Å². The van der Waals surface area contributed by atoms with Gasteiger partial charge in [0.1, 0.15) is 5.54 Å². The van der Waals surface area contributed by atoms with Gasteiger partial charge in [0.25, 0.3) is 0 Å². The number of likely N-dealkylation sites (N-methyl/N-ethyl adjacent to an activating group) is 1. The quantitative estimate of drug-likeness (QED) is 0.677. The Kier molecular flexibility index (Phi) is 7.39. The molecule has 17 heavy (non-hydrogen) atoms. The number of hydrogen-bond acceptors (Lipinski definition) is 3. The zero-order valence-electron chi connectivity index (χ0n) is 11.8. The molecule has 0 aromatic rings. The molecule has 0 aliphatic rings. The Hall–Kier alpha value is -0.610. The Labute approximate surface area is 105 Å². The van der Waals surface area contributed by atoms with Crippen molar-refractivity contribution < 1.29 is 14.6 Å². The number of carboxylic acid groups (broad SMARTS) is 1. The first kappa shape index (κ1) is 16.4. The molecule has 0 aromatic carbocycles. The van der Waals surface area contributed by atoms with Crippen molar-refractivity contribution >= 4 is 5.97 Å². The first-order valence-corrected chi connectivity index (χ1v) is 6.35. The molecule has 0 radical (unpaired) electrons. The largest absolute Gasteiger partial charge is 0.480 e. The van der Waals surface area contributed by atoms with Crippen molar-refractivity contribution in [1.29, 1.82) is 0 Å². The Morgan fingerprint density at radius 3 is 2.41 bits per heavy atom. The van der Waals surface area contributed by atoms with Crippen molar-refractivity contribution in [2.24, 2.45) is 5.92 Å². The molecular formula is C13H27NO3. The van der Waals surface area contributed by atoms with Gasteiger partial charge in [0, 0.05) is 13.7 Å². The summed E-state index contributed by atoms with van der Waals surface area (Å²) in [6, 6.07) is 0. The fraction of sp³-hybridized carbons (Fsp3) is 0.923. The van der Waals surface area contributed by atoms with E-state index >= 15 is 0 Å². The molecule has 0 rings (SSSR count). The molecule has 1 unspecified atom stereocenters. The molecule has 4 nitrogen and oxygen atoms in total. The van der Waals surface area contributed by atoms with Gasteiger partial charge in [-0.15, -0.1) is 0 Å². The Bertz CT molecular complexity index is 231. The number of rotatable bonds is 9. The highest BCUT2D eigenvalue weighted by Gasteiger charge is 2.38. The summed E-state index contributed by atoms with van der Waals surface area (Å²) in [7, 11) is 1.64. The smallest absolute Gasteiger partial charge is 0.323 e. The zero-order valence-corrected chi connectivity index (χ0v) is 11.8. The maximum absolute atomic E-state index is 11.5. The summed E-state index contributed by atoms with van der Waals surface area (Å²) in [5.41, 5.74) is -0.780. The summed E-state index contributed by atoms with van der Waals surface area (Å²) in [6.07, 6.45) is 1.60. The van der Waals surface area contributed by atoms with Gasteiger partial charge in [0.15, 0.2) is 0 Å². The molecular weight excluding hydrogens is 218 g/mol. The van der Waals surface area contributed by atoms with Gasteiger partial charge in [-0.3, -0.25) is 9.69 Å². The van der Waals surface area contributed by atoms with E-state index in [0.717, 1.165) is 13.0 Å². The third-order valence-electron chi connectivity index (χ3n) is 3.31. The molecule has 102 valence electrons. The second-order valence-corrected chi connectivity index (χ2v) is 5.08. The van der Waals surface area contributed by atoms with Crippen LogP contribution < -0.4 is 0 Å². The molecule has 0 saturated carbocycles. The van der Waals surface area contributed by atoms with Gasteiger partial charge < -0.3 is 9.84 Å². The second kappa shape index (κ2) is 7.67. The zero-order chi connectivity index (χ0) is 13.5. The summed E-state index contributed by atoms with van der Waals surface area (Å²) in [5, 5.41) is 9.46. The Morgan fingerprint density at radius 1 is 1.47 bits per heavy atom. The van der Waals surface area contributed by atoms with Crippen molar-refractivity contribution in [1.82, 2.24) is 4.90 Å². The van der Waals surface area contributed by atoms with Crippen molar-refractivity contribution in [3.05, 3.63) is 0 Å². The fourth-order valence-electron chi connectivity index (χ4n) is 1.93. The van der Waals surface area contributed by atoms with E-state index in [-0.39, 0.29) is 0 Å². The summed E-state index contributed by atoms with van der Waals surface area (Å²) >= 11 is 0. The maximum Gasteiger partial charge on any atom is 0.323 e. The topological polar surface area (TPSA) is 49.8 Å². The number of methoxy groups -OCH3 is 1. The summed E-state index contributed by atoms with van der Waals surface area (Å²) < 4.78 is 5.04. The number of carboxylic acids is 1. The van der Waals surface area contributed by atoms with Gasteiger partial charge in [-0.1, -0.05) is 20.8 Å². The molecule has 0 bridgehead atoms. The van der Waals surface area contributed by atoms with Crippen LogP contribution in [0.1, 0.15) is 40.5 Å². The van der Waals surface area contributed by atoms with E-state index < -0.39 is 11.5 Å². The van der Waals surface area contributed by atoms with Crippen molar-refractivity contribution in [3.8, 4) is 0 Å². The van der Waals surface area contributed by atoms with Crippen LogP contribution >= 0.6 is 0 Å². The SMILES string of the molecule is CCN(CCOC)C(C)(CCC(C)C)C(=O)O. The van der Waals surface area contributed by atoms with Crippen molar-refractivity contribution in [2.75, 3.05) is 26.8 Å². The van der Waals surface area contributed by atoms with Crippen LogP contribution in [-0.4, -0.2) is 48.3 Å². The van der Waals surface area contributed by atoms with Crippen molar-refractivity contribution in [2.45, 2.75) is 46.1 Å². The van der Waals surface area contributed by atoms with Crippen LogP contribution in [-0.2, 0) is 9.53 Å². The number of aliphatic carboxylic acids is 1. The Morgan fingerprint density at radius 2 is 2.06 bits per heavy atom. The normalized spacial score (nSPS) is 15.2. The molecule has 0 amide bonds. The predicted molar refractivity (Wildman–Crippen MR) is 69.2 cm³/mol. The van der Waals surface area contributed by atoms with Crippen LogP contribution in [0.4, 0.5) is 0 Å². The lowest BCUT2D eigenvalue weighted by Crippen LogP contribution is -2.53. The van der Waals surface area contributed by atoms with Crippen LogP contribution in [0.5, 0.6) is 0 Å². The van der Waals surface area contributed by atoms with Crippen molar-refractivity contribution in [3.63, 3.8) is 0 Å². The number of nitrogens with zero attached hydrogens (tertiary/aromatic N) is 1. The summed E-state index contributed by atoms with van der Waals surface area (Å²) in [5.74, 6) is -0.217. The minimum absolute atomic E-state index is 0.523.